The summed E-state index contributed by atoms with van der Waals surface area (Å²) in [5.41, 5.74) is -0.820. The standard InChI is InChI=1S/C15H9Cl3N2O2/c16-15(17,18)14(10-19,11-4-2-1-3-5-11)12-6-8-13(9-7-12)20(21)22/h1-9H. The van der Waals surface area contributed by atoms with Crippen molar-refractivity contribution in [2.75, 3.05) is 0 Å². The van der Waals surface area contributed by atoms with Crippen molar-refractivity contribution < 1.29 is 4.92 Å². The fourth-order valence-corrected chi connectivity index (χ4v) is 2.99. The van der Waals surface area contributed by atoms with E-state index in [-0.39, 0.29) is 5.69 Å². The van der Waals surface area contributed by atoms with E-state index in [4.69, 9.17) is 34.8 Å². The van der Waals surface area contributed by atoms with E-state index in [1.807, 2.05) is 0 Å². The summed E-state index contributed by atoms with van der Waals surface area (Å²) in [5, 5.41) is 20.5. The van der Waals surface area contributed by atoms with E-state index in [1.54, 1.807) is 30.3 Å². The number of nitrogens with zero attached hydrogens (tertiary/aromatic N) is 2. The van der Waals surface area contributed by atoms with Crippen molar-refractivity contribution in [3.05, 3.63) is 75.8 Å². The molecule has 0 aliphatic heterocycles. The Labute approximate surface area is 142 Å². The number of nitriles is 1. The van der Waals surface area contributed by atoms with Crippen LogP contribution < -0.4 is 0 Å². The number of nitro groups is 1. The summed E-state index contributed by atoms with van der Waals surface area (Å²) in [6, 6.07) is 16.1. The molecule has 0 bridgehead atoms. The van der Waals surface area contributed by atoms with Crippen LogP contribution in [-0.4, -0.2) is 8.72 Å². The number of non-ortho nitro benzene ring substituents is 1. The summed E-state index contributed by atoms with van der Waals surface area (Å²) in [6.07, 6.45) is 0. The van der Waals surface area contributed by atoms with E-state index in [0.717, 1.165) is 0 Å². The van der Waals surface area contributed by atoms with Crippen LogP contribution in [0.3, 0.4) is 0 Å². The lowest BCUT2D eigenvalue weighted by Crippen LogP contribution is -2.39. The van der Waals surface area contributed by atoms with Crippen molar-refractivity contribution in [2.45, 2.75) is 9.21 Å². The smallest absolute Gasteiger partial charge is 0.258 e. The predicted molar refractivity (Wildman–Crippen MR) is 86.2 cm³/mol. The van der Waals surface area contributed by atoms with Gasteiger partial charge in [-0.25, -0.2) is 0 Å². The molecule has 0 saturated heterocycles. The van der Waals surface area contributed by atoms with Gasteiger partial charge < -0.3 is 0 Å². The molecule has 4 nitrogen and oxygen atoms in total. The van der Waals surface area contributed by atoms with Gasteiger partial charge in [0.15, 0.2) is 5.41 Å². The Hall–Kier alpha value is -1.80. The quantitative estimate of drug-likeness (QED) is 0.452. The van der Waals surface area contributed by atoms with Crippen molar-refractivity contribution in [1.29, 1.82) is 5.26 Å². The van der Waals surface area contributed by atoms with E-state index in [2.05, 4.69) is 6.07 Å². The van der Waals surface area contributed by atoms with E-state index in [9.17, 15) is 15.4 Å². The van der Waals surface area contributed by atoms with Crippen LogP contribution in [0.1, 0.15) is 11.1 Å². The lowest BCUT2D eigenvalue weighted by atomic mass is 9.77. The average Bonchev–Trinajstić information content (AvgIpc) is 2.49. The maximum Gasteiger partial charge on any atom is 0.269 e. The normalized spacial score (nSPS) is 13.9. The van der Waals surface area contributed by atoms with Gasteiger partial charge in [0.25, 0.3) is 5.69 Å². The molecule has 2 aromatic carbocycles. The molecule has 0 spiro atoms. The number of rotatable bonds is 3. The Morgan fingerprint density at radius 3 is 1.86 bits per heavy atom. The van der Waals surface area contributed by atoms with Crippen molar-refractivity contribution in [2.24, 2.45) is 0 Å². The zero-order valence-electron chi connectivity index (χ0n) is 11.0. The molecule has 1 atom stereocenters. The third-order valence-electron chi connectivity index (χ3n) is 3.31. The zero-order valence-corrected chi connectivity index (χ0v) is 13.3. The van der Waals surface area contributed by atoms with Crippen molar-refractivity contribution in [3.63, 3.8) is 0 Å². The summed E-state index contributed by atoms with van der Waals surface area (Å²) in [6.45, 7) is 0. The highest BCUT2D eigenvalue weighted by molar-refractivity contribution is 6.69. The first-order valence-electron chi connectivity index (χ1n) is 6.11. The van der Waals surface area contributed by atoms with Crippen molar-refractivity contribution in [1.82, 2.24) is 0 Å². The van der Waals surface area contributed by atoms with Gasteiger partial charge in [-0.3, -0.25) is 10.1 Å². The number of hydrogen-bond donors (Lipinski definition) is 0. The molecule has 0 aliphatic carbocycles. The van der Waals surface area contributed by atoms with Crippen LogP contribution in [0.2, 0.25) is 0 Å². The van der Waals surface area contributed by atoms with Gasteiger partial charge in [-0.05, 0) is 11.1 Å². The Balaban J connectivity index is 2.70. The molecule has 0 amide bonds. The second-order valence-corrected chi connectivity index (χ2v) is 6.81. The zero-order chi connectivity index (χ0) is 16.4. The molecule has 0 N–H and O–H groups in total. The molecule has 0 saturated carbocycles. The Morgan fingerprint density at radius 1 is 0.955 bits per heavy atom. The first-order chi connectivity index (χ1) is 10.3. The summed E-state index contributed by atoms with van der Waals surface area (Å²) >= 11 is 18.3. The second-order valence-electron chi connectivity index (χ2n) is 4.53. The fraction of sp³-hybridized carbons (Fsp3) is 0.133. The van der Waals surface area contributed by atoms with Crippen LogP contribution >= 0.6 is 34.8 Å². The number of halogens is 3. The first kappa shape index (κ1) is 16.6. The molecule has 2 rings (SSSR count). The largest absolute Gasteiger partial charge is 0.269 e. The first-order valence-corrected chi connectivity index (χ1v) is 7.25. The topological polar surface area (TPSA) is 66.9 Å². The fourth-order valence-electron chi connectivity index (χ4n) is 2.21. The van der Waals surface area contributed by atoms with Gasteiger partial charge in [0, 0.05) is 12.1 Å². The van der Waals surface area contributed by atoms with E-state index in [1.165, 1.54) is 24.3 Å². The molecule has 0 aliphatic rings. The third kappa shape index (κ3) is 2.76. The Morgan fingerprint density at radius 2 is 1.45 bits per heavy atom. The minimum Gasteiger partial charge on any atom is -0.258 e. The van der Waals surface area contributed by atoms with Gasteiger partial charge >= 0.3 is 0 Å². The van der Waals surface area contributed by atoms with E-state index < -0.39 is 14.1 Å². The molecule has 22 heavy (non-hydrogen) atoms. The summed E-state index contributed by atoms with van der Waals surface area (Å²) in [5.74, 6) is 0. The SMILES string of the molecule is N#CC(c1ccccc1)(c1ccc([N+](=O)[O-])cc1)C(Cl)(Cl)Cl. The van der Waals surface area contributed by atoms with Crippen LogP contribution in [0, 0.1) is 21.4 Å². The molecule has 1 unspecified atom stereocenters. The lowest BCUT2D eigenvalue weighted by molar-refractivity contribution is -0.384. The maximum absolute atomic E-state index is 10.8. The summed E-state index contributed by atoms with van der Waals surface area (Å²) in [7, 11) is 0. The Bertz CT molecular complexity index is 721. The third-order valence-corrected chi connectivity index (χ3v) is 4.16. The van der Waals surface area contributed by atoms with Crippen molar-refractivity contribution in [3.8, 4) is 6.07 Å². The minimum atomic E-state index is -1.96. The Kier molecular flexibility index (Phi) is 4.62. The molecule has 0 heterocycles. The highest BCUT2D eigenvalue weighted by Crippen LogP contribution is 2.50. The monoisotopic (exact) mass is 354 g/mol. The van der Waals surface area contributed by atoms with Gasteiger partial charge in [0.05, 0.1) is 11.0 Å². The van der Waals surface area contributed by atoms with Crippen LogP contribution in [0.4, 0.5) is 5.69 Å². The number of benzene rings is 2. The van der Waals surface area contributed by atoms with Gasteiger partial charge in [-0.2, -0.15) is 5.26 Å². The van der Waals surface area contributed by atoms with Crippen LogP contribution in [0.15, 0.2) is 54.6 Å². The highest BCUT2D eigenvalue weighted by atomic mass is 35.6. The van der Waals surface area contributed by atoms with Crippen LogP contribution in [-0.2, 0) is 5.41 Å². The summed E-state index contributed by atoms with van der Waals surface area (Å²) in [4.78, 5) is 10.2. The molecule has 2 aromatic rings. The molecular formula is C15H9Cl3N2O2. The predicted octanol–water partition coefficient (Wildman–Crippen LogP) is 4.77. The van der Waals surface area contributed by atoms with Gasteiger partial charge in [0.2, 0.25) is 3.79 Å². The molecule has 7 heteroatoms. The molecule has 0 radical (unpaired) electrons. The average molecular weight is 356 g/mol. The number of hydrogen-bond acceptors (Lipinski definition) is 3. The van der Waals surface area contributed by atoms with Crippen LogP contribution in [0.5, 0.6) is 0 Å². The summed E-state index contributed by atoms with van der Waals surface area (Å²) < 4.78 is -1.96. The van der Waals surface area contributed by atoms with E-state index >= 15 is 0 Å². The molecule has 0 aromatic heterocycles. The second kappa shape index (κ2) is 6.13. The van der Waals surface area contributed by atoms with Crippen LogP contribution in [0.25, 0.3) is 0 Å². The van der Waals surface area contributed by atoms with Gasteiger partial charge in [0.1, 0.15) is 0 Å². The number of alkyl halides is 3. The van der Waals surface area contributed by atoms with E-state index in [0.29, 0.717) is 11.1 Å². The van der Waals surface area contributed by atoms with Crippen molar-refractivity contribution >= 4 is 40.5 Å². The number of nitro benzene ring substituents is 1. The molecular weight excluding hydrogens is 347 g/mol. The maximum atomic E-state index is 10.8. The minimum absolute atomic E-state index is 0.104. The highest BCUT2D eigenvalue weighted by Gasteiger charge is 2.52. The van der Waals surface area contributed by atoms with Gasteiger partial charge in [-0.15, -0.1) is 0 Å². The lowest BCUT2D eigenvalue weighted by Gasteiger charge is -2.34. The van der Waals surface area contributed by atoms with Gasteiger partial charge in [-0.1, -0.05) is 77.3 Å². The molecule has 0 fully saturated rings. The molecule has 112 valence electrons.